The number of nitrogens with zero attached hydrogens (tertiary/aromatic N) is 2. The minimum absolute atomic E-state index is 0.385. The quantitative estimate of drug-likeness (QED) is 0.787. The second-order valence-electron chi connectivity index (χ2n) is 4.93. The van der Waals surface area contributed by atoms with Crippen LogP contribution in [-0.2, 0) is 12.8 Å². The molecule has 2 aromatic rings. The van der Waals surface area contributed by atoms with Crippen LogP contribution in [0.4, 0.5) is 0 Å². The number of aryl methyl sites for hydroxylation is 2. The van der Waals surface area contributed by atoms with Crippen molar-refractivity contribution in [1.82, 2.24) is 4.57 Å². The first kappa shape index (κ1) is 13.4. The molecule has 2 heteroatoms. The number of aromatic nitrogens is 1. The van der Waals surface area contributed by atoms with Crippen molar-refractivity contribution in [3.05, 3.63) is 59.4 Å². The summed E-state index contributed by atoms with van der Waals surface area (Å²) in [5, 5.41) is 9.19. The molecule has 0 spiro atoms. The molecule has 0 bridgehead atoms. The summed E-state index contributed by atoms with van der Waals surface area (Å²) in [6.45, 7) is 4.33. The second kappa shape index (κ2) is 6.24. The maximum absolute atomic E-state index is 9.19. The van der Waals surface area contributed by atoms with E-state index in [0.29, 0.717) is 6.04 Å². The fourth-order valence-corrected chi connectivity index (χ4v) is 2.41. The van der Waals surface area contributed by atoms with Gasteiger partial charge in [0.25, 0.3) is 0 Å². The molecule has 0 unspecified atom stereocenters. The molecule has 0 amide bonds. The summed E-state index contributed by atoms with van der Waals surface area (Å²) >= 11 is 0. The van der Waals surface area contributed by atoms with E-state index in [4.69, 9.17) is 0 Å². The van der Waals surface area contributed by atoms with Gasteiger partial charge in [-0.2, -0.15) is 5.26 Å². The Morgan fingerprint density at radius 2 is 1.84 bits per heavy atom. The Balaban J connectivity index is 2.17. The number of hydrogen-bond donors (Lipinski definition) is 0. The molecular formula is C17H20N2. The van der Waals surface area contributed by atoms with E-state index in [9.17, 15) is 5.26 Å². The number of hydrogen-bond acceptors (Lipinski definition) is 1. The Hall–Kier alpha value is -2.01. The molecule has 0 N–H and O–H groups in total. The van der Waals surface area contributed by atoms with Gasteiger partial charge in [-0.25, -0.2) is 0 Å². The Labute approximate surface area is 115 Å². The van der Waals surface area contributed by atoms with Gasteiger partial charge >= 0.3 is 0 Å². The van der Waals surface area contributed by atoms with Crippen molar-refractivity contribution in [2.24, 2.45) is 0 Å². The SMILES string of the molecule is CC[C@@H](C)n1c(C#N)ccc1CCc1ccccc1. The molecule has 1 heterocycles. The summed E-state index contributed by atoms with van der Waals surface area (Å²) < 4.78 is 2.18. The third-order valence-corrected chi connectivity index (χ3v) is 3.66. The van der Waals surface area contributed by atoms with Crippen LogP contribution < -0.4 is 0 Å². The van der Waals surface area contributed by atoms with Crippen molar-refractivity contribution in [2.75, 3.05) is 0 Å². The van der Waals surface area contributed by atoms with Crippen molar-refractivity contribution in [1.29, 1.82) is 5.26 Å². The van der Waals surface area contributed by atoms with E-state index in [-0.39, 0.29) is 0 Å². The zero-order valence-corrected chi connectivity index (χ0v) is 11.6. The summed E-state index contributed by atoms with van der Waals surface area (Å²) in [7, 11) is 0. The van der Waals surface area contributed by atoms with E-state index in [1.54, 1.807) is 0 Å². The Kier molecular flexibility index (Phi) is 4.41. The Morgan fingerprint density at radius 3 is 2.47 bits per heavy atom. The maximum atomic E-state index is 9.19. The third-order valence-electron chi connectivity index (χ3n) is 3.66. The predicted molar refractivity (Wildman–Crippen MR) is 78.0 cm³/mol. The van der Waals surface area contributed by atoms with Crippen molar-refractivity contribution in [3.8, 4) is 6.07 Å². The second-order valence-corrected chi connectivity index (χ2v) is 4.93. The molecular weight excluding hydrogens is 232 g/mol. The highest BCUT2D eigenvalue weighted by atomic mass is 15.0. The molecule has 0 fully saturated rings. The average molecular weight is 252 g/mol. The van der Waals surface area contributed by atoms with Crippen molar-refractivity contribution >= 4 is 0 Å². The molecule has 1 aromatic heterocycles. The summed E-state index contributed by atoms with van der Waals surface area (Å²) in [5.41, 5.74) is 3.38. The molecule has 19 heavy (non-hydrogen) atoms. The first-order valence-electron chi connectivity index (χ1n) is 6.90. The van der Waals surface area contributed by atoms with Gasteiger partial charge in [0, 0.05) is 11.7 Å². The Bertz CT molecular complexity index is 561. The van der Waals surface area contributed by atoms with E-state index in [0.717, 1.165) is 25.0 Å². The van der Waals surface area contributed by atoms with E-state index < -0.39 is 0 Å². The number of rotatable bonds is 5. The molecule has 1 aromatic carbocycles. The van der Waals surface area contributed by atoms with E-state index in [1.807, 2.05) is 12.1 Å². The molecule has 0 radical (unpaired) electrons. The summed E-state index contributed by atoms with van der Waals surface area (Å²) in [6.07, 6.45) is 3.05. The molecule has 2 nitrogen and oxygen atoms in total. The normalized spacial score (nSPS) is 12.1. The van der Waals surface area contributed by atoms with Crippen LogP contribution in [0.5, 0.6) is 0 Å². The summed E-state index contributed by atoms with van der Waals surface area (Å²) in [5.74, 6) is 0. The molecule has 0 saturated carbocycles. The van der Waals surface area contributed by atoms with Crippen LogP contribution >= 0.6 is 0 Å². The lowest BCUT2D eigenvalue weighted by Crippen LogP contribution is -2.10. The summed E-state index contributed by atoms with van der Waals surface area (Å²) in [4.78, 5) is 0. The third kappa shape index (κ3) is 3.06. The van der Waals surface area contributed by atoms with Gasteiger partial charge in [0.15, 0.2) is 0 Å². The van der Waals surface area contributed by atoms with E-state index in [1.165, 1.54) is 11.3 Å². The minimum Gasteiger partial charge on any atom is -0.334 e. The van der Waals surface area contributed by atoms with Crippen LogP contribution in [0, 0.1) is 11.3 Å². The first-order valence-corrected chi connectivity index (χ1v) is 6.90. The van der Waals surface area contributed by atoms with Crippen molar-refractivity contribution in [2.45, 2.75) is 39.2 Å². The van der Waals surface area contributed by atoms with Gasteiger partial charge in [-0.15, -0.1) is 0 Å². The van der Waals surface area contributed by atoms with Crippen LogP contribution in [0.15, 0.2) is 42.5 Å². The Morgan fingerprint density at radius 1 is 1.11 bits per heavy atom. The molecule has 1 atom stereocenters. The van der Waals surface area contributed by atoms with Gasteiger partial charge in [0.1, 0.15) is 11.8 Å². The zero-order valence-electron chi connectivity index (χ0n) is 11.6. The van der Waals surface area contributed by atoms with Gasteiger partial charge < -0.3 is 4.57 Å². The van der Waals surface area contributed by atoms with Gasteiger partial charge in [0.05, 0.1) is 0 Å². The predicted octanol–water partition coefficient (Wildman–Crippen LogP) is 4.12. The summed E-state index contributed by atoms with van der Waals surface area (Å²) in [6, 6.07) is 17.2. The molecule has 0 aliphatic heterocycles. The van der Waals surface area contributed by atoms with Gasteiger partial charge in [-0.3, -0.25) is 0 Å². The van der Waals surface area contributed by atoms with Crippen LogP contribution in [0.1, 0.15) is 43.3 Å². The van der Waals surface area contributed by atoms with E-state index >= 15 is 0 Å². The fourth-order valence-electron chi connectivity index (χ4n) is 2.41. The minimum atomic E-state index is 0.385. The molecule has 0 saturated heterocycles. The largest absolute Gasteiger partial charge is 0.334 e. The molecule has 98 valence electrons. The van der Waals surface area contributed by atoms with Crippen LogP contribution in [0.3, 0.4) is 0 Å². The standard InChI is InChI=1S/C17H20N2/c1-3-14(2)19-16(11-12-17(19)13-18)10-9-15-7-5-4-6-8-15/h4-8,11-12,14H,3,9-10H2,1-2H3/t14-/m1/s1. The van der Waals surface area contributed by atoms with Crippen LogP contribution in [-0.4, -0.2) is 4.57 Å². The maximum Gasteiger partial charge on any atom is 0.120 e. The fraction of sp³-hybridized carbons (Fsp3) is 0.353. The van der Waals surface area contributed by atoms with Gasteiger partial charge in [0.2, 0.25) is 0 Å². The number of benzene rings is 1. The lowest BCUT2D eigenvalue weighted by Gasteiger charge is -2.17. The number of nitriles is 1. The monoisotopic (exact) mass is 252 g/mol. The smallest absolute Gasteiger partial charge is 0.120 e. The van der Waals surface area contributed by atoms with Gasteiger partial charge in [-0.1, -0.05) is 37.3 Å². The first-order chi connectivity index (χ1) is 9.26. The highest BCUT2D eigenvalue weighted by Crippen LogP contribution is 2.20. The lowest BCUT2D eigenvalue weighted by atomic mass is 10.1. The zero-order chi connectivity index (χ0) is 13.7. The van der Waals surface area contributed by atoms with E-state index in [2.05, 4.69) is 54.8 Å². The molecule has 0 aliphatic carbocycles. The highest BCUT2D eigenvalue weighted by Gasteiger charge is 2.12. The topological polar surface area (TPSA) is 28.7 Å². The van der Waals surface area contributed by atoms with Crippen molar-refractivity contribution < 1.29 is 0 Å². The lowest BCUT2D eigenvalue weighted by molar-refractivity contribution is 0.509. The average Bonchev–Trinajstić information content (AvgIpc) is 2.88. The highest BCUT2D eigenvalue weighted by molar-refractivity contribution is 5.29. The molecule has 0 aliphatic rings. The molecule has 2 rings (SSSR count). The van der Waals surface area contributed by atoms with Crippen LogP contribution in [0.2, 0.25) is 0 Å². The van der Waals surface area contributed by atoms with Crippen LogP contribution in [0.25, 0.3) is 0 Å². The van der Waals surface area contributed by atoms with Gasteiger partial charge in [-0.05, 0) is 43.9 Å². The van der Waals surface area contributed by atoms with Crippen molar-refractivity contribution in [3.63, 3.8) is 0 Å².